The zero-order valence-electron chi connectivity index (χ0n) is 6.91. The van der Waals surface area contributed by atoms with Gasteiger partial charge in [0.15, 0.2) is 0 Å². The van der Waals surface area contributed by atoms with Crippen LogP contribution in [0, 0.1) is 18.1 Å². The van der Waals surface area contributed by atoms with Crippen molar-refractivity contribution in [1.82, 2.24) is 0 Å². The first kappa shape index (κ1) is 10.1. The van der Waals surface area contributed by atoms with E-state index >= 15 is 0 Å². The van der Waals surface area contributed by atoms with Crippen molar-refractivity contribution < 1.29 is 8.42 Å². The van der Waals surface area contributed by atoms with Crippen LogP contribution in [-0.4, -0.2) is 8.42 Å². The van der Waals surface area contributed by atoms with Crippen molar-refractivity contribution in [2.45, 2.75) is 6.92 Å². The molecule has 0 saturated carbocycles. The summed E-state index contributed by atoms with van der Waals surface area (Å²) in [4.78, 5) is 0. The van der Waals surface area contributed by atoms with Gasteiger partial charge >= 0.3 is 9.05 Å². The maximum atomic E-state index is 10.5. The fourth-order valence-electron chi connectivity index (χ4n) is 0.757. The summed E-state index contributed by atoms with van der Waals surface area (Å²) in [6, 6.07) is 7.19. The van der Waals surface area contributed by atoms with E-state index in [-0.39, 0.29) is 0 Å². The van der Waals surface area contributed by atoms with E-state index in [4.69, 9.17) is 10.7 Å². The van der Waals surface area contributed by atoms with Crippen LogP contribution < -0.4 is 0 Å². The summed E-state index contributed by atoms with van der Waals surface area (Å²) in [6.45, 7) is 1.94. The molecule has 1 aromatic rings. The zero-order chi connectivity index (χ0) is 9.90. The maximum absolute atomic E-state index is 10.5. The second-order valence-corrected chi connectivity index (χ2v) is 4.83. The Morgan fingerprint density at radius 1 is 1.23 bits per heavy atom. The number of hydrogen-bond donors (Lipinski definition) is 0. The Morgan fingerprint density at radius 3 is 2.23 bits per heavy atom. The van der Waals surface area contributed by atoms with Gasteiger partial charge in [-0.05, 0) is 25.0 Å². The van der Waals surface area contributed by atoms with Gasteiger partial charge in [-0.3, -0.25) is 0 Å². The van der Waals surface area contributed by atoms with Gasteiger partial charge in [-0.2, -0.15) is 8.42 Å². The molecular formula is C9H7ClO2S. The minimum atomic E-state index is -3.72. The summed E-state index contributed by atoms with van der Waals surface area (Å²) in [7, 11) is 1.19. The summed E-state index contributed by atoms with van der Waals surface area (Å²) in [5.74, 6) is 2.44. The molecule has 0 radical (unpaired) electrons. The molecule has 0 aliphatic carbocycles. The summed E-state index contributed by atoms with van der Waals surface area (Å²) >= 11 is 0. The topological polar surface area (TPSA) is 34.1 Å². The molecule has 0 saturated heterocycles. The van der Waals surface area contributed by atoms with Gasteiger partial charge in [-0.15, -0.1) is 0 Å². The van der Waals surface area contributed by atoms with E-state index in [1.54, 1.807) is 12.1 Å². The van der Waals surface area contributed by atoms with Crippen molar-refractivity contribution in [2.75, 3.05) is 0 Å². The predicted octanol–water partition coefficient (Wildman–Crippen LogP) is 1.87. The molecule has 0 spiro atoms. The molecule has 2 nitrogen and oxygen atoms in total. The van der Waals surface area contributed by atoms with Gasteiger partial charge in [0.05, 0.1) is 0 Å². The first-order chi connectivity index (χ1) is 5.97. The van der Waals surface area contributed by atoms with Gasteiger partial charge in [0, 0.05) is 21.5 Å². The molecule has 1 rings (SSSR count). The molecule has 0 bridgehead atoms. The summed E-state index contributed by atoms with van der Waals surface area (Å²) in [5.41, 5.74) is 1.73. The van der Waals surface area contributed by atoms with Gasteiger partial charge < -0.3 is 0 Å². The number of aryl methyl sites for hydroxylation is 1. The highest BCUT2D eigenvalue weighted by Gasteiger charge is 1.95. The van der Waals surface area contributed by atoms with Crippen LogP contribution in [0.5, 0.6) is 0 Å². The Labute approximate surface area is 82.0 Å². The smallest absolute Gasteiger partial charge is 0.198 e. The van der Waals surface area contributed by atoms with Crippen molar-refractivity contribution in [3.63, 3.8) is 0 Å². The van der Waals surface area contributed by atoms with E-state index in [0.29, 0.717) is 5.56 Å². The Bertz CT molecular complexity index is 449. The minimum Gasteiger partial charge on any atom is -0.198 e. The fraction of sp³-hybridized carbons (Fsp3) is 0.111. The van der Waals surface area contributed by atoms with Gasteiger partial charge in [0.2, 0.25) is 0 Å². The zero-order valence-corrected chi connectivity index (χ0v) is 8.48. The van der Waals surface area contributed by atoms with Crippen molar-refractivity contribution >= 4 is 19.7 Å². The number of benzene rings is 1. The van der Waals surface area contributed by atoms with E-state index in [2.05, 4.69) is 5.92 Å². The summed E-state index contributed by atoms with van der Waals surface area (Å²) in [6.07, 6.45) is 0. The van der Waals surface area contributed by atoms with Crippen LogP contribution in [0.15, 0.2) is 24.3 Å². The minimum absolute atomic E-state index is 0.634. The van der Waals surface area contributed by atoms with Crippen molar-refractivity contribution in [2.24, 2.45) is 0 Å². The van der Waals surface area contributed by atoms with Crippen LogP contribution in [0.1, 0.15) is 11.1 Å². The third-order valence-corrected chi connectivity index (χ3v) is 1.95. The van der Waals surface area contributed by atoms with Gasteiger partial charge in [0.1, 0.15) is 0 Å². The Balaban J connectivity index is 2.98. The third-order valence-electron chi connectivity index (χ3n) is 1.37. The molecule has 4 heteroatoms. The maximum Gasteiger partial charge on any atom is 0.301 e. The first-order valence-corrected chi connectivity index (χ1v) is 5.82. The van der Waals surface area contributed by atoms with Crippen molar-refractivity contribution in [1.29, 1.82) is 0 Å². The number of halogens is 1. The van der Waals surface area contributed by atoms with Crippen LogP contribution >= 0.6 is 10.7 Å². The Kier molecular flexibility index (Phi) is 2.97. The van der Waals surface area contributed by atoms with E-state index in [9.17, 15) is 8.42 Å². The number of rotatable bonds is 0. The molecule has 0 fully saturated rings. The lowest BCUT2D eigenvalue weighted by atomic mass is 10.2. The first-order valence-electron chi connectivity index (χ1n) is 3.51. The van der Waals surface area contributed by atoms with E-state index < -0.39 is 9.05 Å². The lowest BCUT2D eigenvalue weighted by Crippen LogP contribution is -1.81. The average Bonchev–Trinajstić information content (AvgIpc) is 2.02. The standard InChI is InChI=1S/C9H7ClO2S/c1-8-2-4-9(5-3-8)6-7-13(10,11)12/h2-5H,1H3. The monoisotopic (exact) mass is 214 g/mol. The third kappa shape index (κ3) is 3.97. The molecule has 0 N–H and O–H groups in total. The molecule has 0 amide bonds. The second kappa shape index (κ2) is 3.82. The fourth-order valence-corrected chi connectivity index (χ4v) is 1.11. The van der Waals surface area contributed by atoms with Crippen LogP contribution in [0.25, 0.3) is 0 Å². The lowest BCUT2D eigenvalue weighted by Gasteiger charge is -1.90. The van der Waals surface area contributed by atoms with Crippen LogP contribution in [0.4, 0.5) is 0 Å². The van der Waals surface area contributed by atoms with Crippen molar-refractivity contribution in [3.05, 3.63) is 35.4 Å². The molecule has 0 aliphatic heterocycles. The molecule has 0 atom stereocenters. The molecule has 1 aromatic carbocycles. The van der Waals surface area contributed by atoms with Gasteiger partial charge in [-0.25, -0.2) is 0 Å². The lowest BCUT2D eigenvalue weighted by molar-refractivity contribution is 0.618. The molecule has 0 unspecified atom stereocenters. The van der Waals surface area contributed by atoms with Crippen LogP contribution in [0.3, 0.4) is 0 Å². The second-order valence-electron chi connectivity index (χ2n) is 2.53. The Hall–Kier alpha value is -0.980. The normalized spacial score (nSPS) is 10.3. The van der Waals surface area contributed by atoms with E-state index in [1.807, 2.05) is 24.3 Å². The summed E-state index contributed by atoms with van der Waals surface area (Å²) < 4.78 is 20.9. The van der Waals surface area contributed by atoms with Gasteiger partial charge in [0.25, 0.3) is 0 Å². The molecule has 0 aliphatic rings. The molecule has 13 heavy (non-hydrogen) atoms. The van der Waals surface area contributed by atoms with Crippen molar-refractivity contribution in [3.8, 4) is 11.2 Å². The predicted molar refractivity (Wildman–Crippen MR) is 52.8 cm³/mol. The largest absolute Gasteiger partial charge is 0.301 e. The highest BCUT2D eigenvalue weighted by atomic mass is 35.7. The molecular weight excluding hydrogens is 208 g/mol. The highest BCUT2D eigenvalue weighted by molar-refractivity contribution is 8.17. The molecule has 0 aromatic heterocycles. The highest BCUT2D eigenvalue weighted by Crippen LogP contribution is 2.02. The van der Waals surface area contributed by atoms with E-state index in [0.717, 1.165) is 5.56 Å². The van der Waals surface area contributed by atoms with E-state index in [1.165, 1.54) is 0 Å². The summed E-state index contributed by atoms with van der Waals surface area (Å²) in [5, 5.41) is 1.95. The molecule has 68 valence electrons. The van der Waals surface area contributed by atoms with Crippen LogP contribution in [0.2, 0.25) is 0 Å². The average molecular weight is 215 g/mol. The SMILES string of the molecule is Cc1ccc(C#CS(=O)(=O)Cl)cc1. The van der Waals surface area contributed by atoms with Gasteiger partial charge in [-0.1, -0.05) is 17.7 Å². The van der Waals surface area contributed by atoms with Crippen LogP contribution in [-0.2, 0) is 9.05 Å². The Morgan fingerprint density at radius 2 is 1.77 bits per heavy atom. The quantitative estimate of drug-likeness (QED) is 0.488. The number of hydrogen-bond acceptors (Lipinski definition) is 2. The molecule has 0 heterocycles.